The van der Waals surface area contributed by atoms with Gasteiger partial charge >= 0.3 is 0 Å². The maximum atomic E-state index is 11.5. The van der Waals surface area contributed by atoms with Crippen molar-refractivity contribution in [2.24, 2.45) is 5.92 Å². The van der Waals surface area contributed by atoms with E-state index < -0.39 is 0 Å². The van der Waals surface area contributed by atoms with Crippen LogP contribution in [0, 0.1) is 18.9 Å². The van der Waals surface area contributed by atoms with Gasteiger partial charge in [-0.3, -0.25) is 15.8 Å². The number of nitrogens with zero attached hydrogens (tertiary/aromatic N) is 1. The molecule has 161 valence electrons. The number of hydrogen-bond donors (Lipinski definition) is 1. The summed E-state index contributed by atoms with van der Waals surface area (Å²) in [6.45, 7) is 7.56. The van der Waals surface area contributed by atoms with Gasteiger partial charge in [-0.25, -0.2) is 0 Å². The topological polar surface area (TPSA) is 60.0 Å². The quantitative estimate of drug-likeness (QED) is 0.661. The van der Waals surface area contributed by atoms with Gasteiger partial charge in [-0.1, -0.05) is 6.07 Å². The molecule has 1 N–H and O–H groups in total. The van der Waals surface area contributed by atoms with Gasteiger partial charge in [-0.05, 0) is 56.0 Å². The Kier molecular flexibility index (Phi) is 7.10. The molecule has 7 heteroatoms. The minimum Gasteiger partial charge on any atom is -0.508 e. The smallest absolute Gasteiger partial charge is 0.262 e. The van der Waals surface area contributed by atoms with E-state index in [0.29, 0.717) is 18.3 Å². The summed E-state index contributed by atoms with van der Waals surface area (Å²) in [4.78, 5) is 14.0. The number of benzene rings is 2. The molecule has 2 aromatic rings. The van der Waals surface area contributed by atoms with Crippen LogP contribution in [0.3, 0.4) is 0 Å². The standard InChI is InChI=1S/C24H26N2O4.Y/c1-16-2-4-22-23(10-16)30-19(14-28-22)13-26-8-6-17(7-9-26)11-18-3-5-21-20(12-18)25-24(27)15-29-21;/h2-5,12,17,19H,1,6-9,11,13-15H2,(H,25,27);/q-2;. The van der Waals surface area contributed by atoms with Crippen molar-refractivity contribution in [3.8, 4) is 17.2 Å². The molecule has 1 fully saturated rings. The largest absolute Gasteiger partial charge is 0.508 e. The summed E-state index contributed by atoms with van der Waals surface area (Å²) in [7, 11) is 0. The van der Waals surface area contributed by atoms with Gasteiger partial charge < -0.3 is 38.1 Å². The molecule has 0 aliphatic carbocycles. The number of amides is 1. The molecule has 2 aromatic carbocycles. The van der Waals surface area contributed by atoms with E-state index in [1.165, 1.54) is 5.56 Å². The maximum absolute atomic E-state index is 11.5. The fraction of sp³-hybridized carbons (Fsp3) is 0.417. The van der Waals surface area contributed by atoms with Gasteiger partial charge in [0, 0.05) is 45.0 Å². The Hall–Kier alpha value is -1.76. The third-order valence-electron chi connectivity index (χ3n) is 6.01. The predicted molar refractivity (Wildman–Crippen MR) is 113 cm³/mol. The van der Waals surface area contributed by atoms with Crippen LogP contribution in [0.5, 0.6) is 17.2 Å². The number of rotatable bonds is 4. The molecule has 0 bridgehead atoms. The number of likely N-dealkylation sites (tertiary alicyclic amines) is 1. The van der Waals surface area contributed by atoms with Gasteiger partial charge in [0.1, 0.15) is 24.2 Å². The Bertz CT molecular complexity index is 943. The van der Waals surface area contributed by atoms with Gasteiger partial charge in [-0.2, -0.15) is 0 Å². The summed E-state index contributed by atoms with van der Waals surface area (Å²) in [5.41, 5.74) is 2.85. The van der Waals surface area contributed by atoms with E-state index in [9.17, 15) is 4.79 Å². The maximum Gasteiger partial charge on any atom is 0.262 e. The predicted octanol–water partition coefficient (Wildman–Crippen LogP) is 3.09. The normalized spacial score (nSPS) is 20.8. The summed E-state index contributed by atoms with van der Waals surface area (Å²) in [5, 5.41) is 2.90. The molecule has 1 radical (unpaired) electrons. The number of ether oxygens (including phenoxy) is 3. The molecular weight excluding hydrogens is 469 g/mol. The van der Waals surface area contributed by atoms with Crippen LogP contribution in [-0.4, -0.2) is 49.8 Å². The van der Waals surface area contributed by atoms with Gasteiger partial charge in [0.15, 0.2) is 6.61 Å². The Labute approximate surface area is 208 Å². The van der Waals surface area contributed by atoms with E-state index in [0.717, 1.165) is 61.6 Å². The Morgan fingerprint density at radius 3 is 2.77 bits per heavy atom. The molecule has 3 aliphatic heterocycles. The van der Waals surface area contributed by atoms with Crippen LogP contribution in [-0.2, 0) is 43.9 Å². The third-order valence-corrected chi connectivity index (χ3v) is 6.01. The molecule has 1 saturated heterocycles. The average Bonchev–Trinajstić information content (AvgIpc) is 2.74. The third kappa shape index (κ3) is 5.36. The van der Waals surface area contributed by atoms with E-state index in [1.54, 1.807) is 0 Å². The molecule has 3 aliphatic rings. The summed E-state index contributed by atoms with van der Waals surface area (Å²) >= 11 is 0. The van der Waals surface area contributed by atoms with Crippen LogP contribution >= 0.6 is 0 Å². The summed E-state index contributed by atoms with van der Waals surface area (Å²) < 4.78 is 17.4. The minimum absolute atomic E-state index is 0. The molecule has 5 rings (SSSR count). The van der Waals surface area contributed by atoms with E-state index >= 15 is 0 Å². The molecule has 0 spiro atoms. The molecule has 31 heavy (non-hydrogen) atoms. The number of fused-ring (bicyclic) bond motifs is 2. The number of carbonyl (C=O) groups excluding carboxylic acids is 1. The van der Waals surface area contributed by atoms with Gasteiger partial charge in [0.2, 0.25) is 0 Å². The molecule has 0 aromatic heterocycles. The number of carbonyl (C=O) groups is 1. The molecule has 1 amide bonds. The van der Waals surface area contributed by atoms with Gasteiger partial charge in [0.25, 0.3) is 5.91 Å². The van der Waals surface area contributed by atoms with Crippen LogP contribution in [0.15, 0.2) is 30.3 Å². The first-order valence-electron chi connectivity index (χ1n) is 10.6. The second kappa shape index (κ2) is 9.80. The van der Waals surface area contributed by atoms with Crippen molar-refractivity contribution in [1.82, 2.24) is 4.90 Å². The number of nitrogens with one attached hydrogen (secondary N) is 1. The van der Waals surface area contributed by atoms with Crippen LogP contribution in [0.25, 0.3) is 0 Å². The molecule has 0 saturated carbocycles. The van der Waals surface area contributed by atoms with Crippen molar-refractivity contribution in [3.63, 3.8) is 0 Å². The van der Waals surface area contributed by atoms with Crippen molar-refractivity contribution in [3.05, 3.63) is 54.4 Å². The van der Waals surface area contributed by atoms with Crippen molar-refractivity contribution in [2.75, 3.05) is 38.2 Å². The Morgan fingerprint density at radius 2 is 1.94 bits per heavy atom. The summed E-state index contributed by atoms with van der Waals surface area (Å²) in [6, 6.07) is 13.1. The van der Waals surface area contributed by atoms with Crippen molar-refractivity contribution in [2.45, 2.75) is 25.4 Å². The summed E-state index contributed by atoms with van der Waals surface area (Å²) in [5.74, 6) is 2.74. The molecule has 1 unspecified atom stereocenters. The van der Waals surface area contributed by atoms with Crippen LogP contribution < -0.4 is 19.5 Å². The molecule has 1 atom stereocenters. The SMILES string of the molecule is [CH2-]c1[c-]c2c(cc1)OCC(CN1CCC(Cc3ccc4c(c3)NC(=O)CO4)CC1)O2.[Y]. The number of hydrogen-bond acceptors (Lipinski definition) is 5. The Morgan fingerprint density at radius 1 is 1.13 bits per heavy atom. The van der Waals surface area contributed by atoms with Crippen molar-refractivity contribution < 1.29 is 51.7 Å². The fourth-order valence-corrected chi connectivity index (χ4v) is 4.43. The zero-order chi connectivity index (χ0) is 20.5. The van der Waals surface area contributed by atoms with Gasteiger partial charge in [0.05, 0.1) is 5.69 Å². The van der Waals surface area contributed by atoms with Crippen LogP contribution in [0.4, 0.5) is 5.69 Å². The van der Waals surface area contributed by atoms with E-state index in [-0.39, 0.29) is 51.3 Å². The minimum atomic E-state index is -0.0893. The van der Waals surface area contributed by atoms with Crippen molar-refractivity contribution in [1.29, 1.82) is 0 Å². The zero-order valence-electron chi connectivity index (χ0n) is 17.6. The van der Waals surface area contributed by atoms with E-state index in [1.807, 2.05) is 18.2 Å². The first kappa shape index (κ1) is 22.4. The van der Waals surface area contributed by atoms with Crippen LogP contribution in [0.1, 0.15) is 24.0 Å². The van der Waals surface area contributed by atoms with E-state index in [4.69, 9.17) is 14.2 Å². The summed E-state index contributed by atoms with van der Waals surface area (Å²) in [6.07, 6.45) is 3.35. The number of piperidine rings is 1. The monoisotopic (exact) mass is 495 g/mol. The second-order valence-electron chi connectivity index (χ2n) is 8.34. The van der Waals surface area contributed by atoms with Crippen LogP contribution in [0.2, 0.25) is 0 Å². The average molecular weight is 495 g/mol. The zero-order valence-corrected chi connectivity index (χ0v) is 20.4. The Balaban J connectivity index is 0.00000231. The van der Waals surface area contributed by atoms with E-state index in [2.05, 4.69) is 35.3 Å². The first-order valence-corrected chi connectivity index (χ1v) is 10.6. The second-order valence-corrected chi connectivity index (χ2v) is 8.34. The molecular formula is C24H26N2O4Y-2. The fourth-order valence-electron chi connectivity index (χ4n) is 4.43. The number of anilines is 1. The molecule has 6 nitrogen and oxygen atoms in total. The first-order chi connectivity index (χ1) is 14.6. The molecule has 3 heterocycles. The van der Waals surface area contributed by atoms with Crippen molar-refractivity contribution >= 4 is 11.6 Å². The van der Waals surface area contributed by atoms with Gasteiger partial charge in [-0.15, -0.1) is 6.07 Å².